The third-order valence-corrected chi connectivity index (χ3v) is 6.04. The van der Waals surface area contributed by atoms with Crippen LogP contribution in [0.15, 0.2) is 18.2 Å². The molecule has 1 aromatic carbocycles. The molecular weight excluding hydrogens is 389 g/mol. The molecule has 6 nitrogen and oxygen atoms in total. The van der Waals surface area contributed by atoms with E-state index in [2.05, 4.69) is 4.90 Å². The molecule has 2 aliphatic heterocycles. The van der Waals surface area contributed by atoms with Crippen molar-refractivity contribution in [2.24, 2.45) is 0 Å². The Kier molecular flexibility index (Phi) is 6.63. The quantitative estimate of drug-likeness (QED) is 0.814. The van der Waals surface area contributed by atoms with Crippen molar-refractivity contribution < 1.29 is 14.7 Å². The lowest BCUT2D eigenvalue weighted by Gasteiger charge is -2.42. The van der Waals surface area contributed by atoms with Crippen molar-refractivity contribution in [2.45, 2.75) is 31.9 Å². The monoisotopic (exact) mass is 413 g/mol. The molecule has 3 rings (SSSR count). The van der Waals surface area contributed by atoms with Gasteiger partial charge in [-0.3, -0.25) is 14.5 Å². The second kappa shape index (κ2) is 8.78. The smallest absolute Gasteiger partial charge is 0.227 e. The zero-order valence-electron chi connectivity index (χ0n) is 15.4. The zero-order valence-corrected chi connectivity index (χ0v) is 16.9. The van der Waals surface area contributed by atoms with Crippen molar-refractivity contribution in [2.75, 3.05) is 39.3 Å². The van der Waals surface area contributed by atoms with Crippen molar-refractivity contribution in [1.82, 2.24) is 14.7 Å². The summed E-state index contributed by atoms with van der Waals surface area (Å²) in [6, 6.07) is 5.15. The number of rotatable bonds is 4. The number of likely N-dealkylation sites (tertiary alicyclic amines) is 1. The number of hydrogen-bond donors (Lipinski definition) is 1. The van der Waals surface area contributed by atoms with Crippen LogP contribution in [0.2, 0.25) is 10.0 Å². The Hall–Kier alpha value is -1.34. The van der Waals surface area contributed by atoms with Crippen LogP contribution in [-0.4, -0.2) is 83.0 Å². The van der Waals surface area contributed by atoms with Crippen molar-refractivity contribution in [3.63, 3.8) is 0 Å². The Labute approximate surface area is 169 Å². The molecule has 2 fully saturated rings. The first kappa shape index (κ1) is 20.4. The molecule has 8 heteroatoms. The highest BCUT2D eigenvalue weighted by molar-refractivity contribution is 6.42. The van der Waals surface area contributed by atoms with E-state index in [1.54, 1.807) is 24.0 Å². The van der Waals surface area contributed by atoms with Crippen LogP contribution in [0.25, 0.3) is 0 Å². The largest absolute Gasteiger partial charge is 0.392 e. The normalized spacial score (nSPS) is 23.7. The molecule has 2 heterocycles. The molecule has 27 heavy (non-hydrogen) atoms. The minimum absolute atomic E-state index is 0.0151. The minimum Gasteiger partial charge on any atom is -0.392 e. The number of aliphatic hydroxyl groups is 1. The van der Waals surface area contributed by atoms with E-state index in [0.717, 1.165) is 18.5 Å². The van der Waals surface area contributed by atoms with E-state index in [4.69, 9.17) is 23.2 Å². The van der Waals surface area contributed by atoms with Crippen LogP contribution in [0.1, 0.15) is 18.9 Å². The summed E-state index contributed by atoms with van der Waals surface area (Å²) in [7, 11) is 0. The van der Waals surface area contributed by atoms with E-state index < -0.39 is 0 Å². The predicted molar refractivity (Wildman–Crippen MR) is 105 cm³/mol. The van der Waals surface area contributed by atoms with Gasteiger partial charge in [-0.2, -0.15) is 0 Å². The maximum absolute atomic E-state index is 13.0. The summed E-state index contributed by atoms with van der Waals surface area (Å²) >= 11 is 12.0. The second-order valence-corrected chi connectivity index (χ2v) is 8.15. The first-order valence-electron chi connectivity index (χ1n) is 9.23. The lowest BCUT2D eigenvalue weighted by molar-refractivity contribution is -0.142. The molecule has 1 aromatic rings. The summed E-state index contributed by atoms with van der Waals surface area (Å²) in [6.45, 7) is 5.23. The lowest BCUT2D eigenvalue weighted by Crippen LogP contribution is -2.59. The average molecular weight is 414 g/mol. The first-order chi connectivity index (χ1) is 12.8. The molecule has 2 saturated heterocycles. The molecule has 0 spiro atoms. The van der Waals surface area contributed by atoms with Crippen LogP contribution in [0, 0.1) is 0 Å². The predicted octanol–water partition coefficient (Wildman–Crippen LogP) is 1.66. The molecule has 0 aliphatic carbocycles. The molecule has 0 bridgehead atoms. The fourth-order valence-corrected chi connectivity index (χ4v) is 4.15. The van der Waals surface area contributed by atoms with Gasteiger partial charge in [0.15, 0.2) is 0 Å². The number of β-amino-alcohol motifs (C(OH)–C–C–N with tert-alkyl or cyclic N) is 1. The fourth-order valence-electron chi connectivity index (χ4n) is 3.83. The van der Waals surface area contributed by atoms with Crippen LogP contribution in [0.4, 0.5) is 0 Å². The maximum Gasteiger partial charge on any atom is 0.227 e. The first-order valence-corrected chi connectivity index (χ1v) is 9.98. The molecule has 0 unspecified atom stereocenters. The Morgan fingerprint density at radius 3 is 2.56 bits per heavy atom. The van der Waals surface area contributed by atoms with Crippen molar-refractivity contribution in [3.05, 3.63) is 33.8 Å². The summed E-state index contributed by atoms with van der Waals surface area (Å²) in [5.74, 6) is 0.0411. The highest BCUT2D eigenvalue weighted by Gasteiger charge is 2.34. The highest BCUT2D eigenvalue weighted by atomic mass is 35.5. The summed E-state index contributed by atoms with van der Waals surface area (Å²) in [6.07, 6.45) is 0.689. The summed E-state index contributed by atoms with van der Waals surface area (Å²) in [5.41, 5.74) is 0.818. The Balaban J connectivity index is 1.70. The molecule has 0 aromatic heterocycles. The number of benzene rings is 1. The number of piperazine rings is 1. The second-order valence-electron chi connectivity index (χ2n) is 7.33. The number of carbonyl (C=O) groups is 2. The molecule has 0 radical (unpaired) electrons. The Morgan fingerprint density at radius 2 is 1.93 bits per heavy atom. The number of aliphatic hydroxyl groups excluding tert-OH is 1. The van der Waals surface area contributed by atoms with Crippen LogP contribution in [0.3, 0.4) is 0 Å². The van der Waals surface area contributed by atoms with Gasteiger partial charge < -0.3 is 14.9 Å². The number of nitrogens with zero attached hydrogens (tertiary/aromatic N) is 3. The van der Waals surface area contributed by atoms with Crippen molar-refractivity contribution in [3.8, 4) is 0 Å². The van der Waals surface area contributed by atoms with Crippen LogP contribution in [0.5, 0.6) is 0 Å². The van der Waals surface area contributed by atoms with Gasteiger partial charge in [-0.15, -0.1) is 0 Å². The highest BCUT2D eigenvalue weighted by Crippen LogP contribution is 2.24. The topological polar surface area (TPSA) is 64.1 Å². The molecule has 148 valence electrons. The van der Waals surface area contributed by atoms with E-state index in [1.807, 2.05) is 11.0 Å². The van der Waals surface area contributed by atoms with Gasteiger partial charge in [0, 0.05) is 46.2 Å². The maximum atomic E-state index is 13.0. The van der Waals surface area contributed by atoms with Gasteiger partial charge in [0.1, 0.15) is 0 Å². The van der Waals surface area contributed by atoms with E-state index in [-0.39, 0.29) is 30.4 Å². The summed E-state index contributed by atoms with van der Waals surface area (Å²) in [4.78, 5) is 30.6. The molecule has 0 saturated carbocycles. The Bertz CT molecular complexity index is 715. The van der Waals surface area contributed by atoms with Gasteiger partial charge in [0.25, 0.3) is 0 Å². The van der Waals surface area contributed by atoms with Gasteiger partial charge in [-0.05, 0) is 24.1 Å². The molecular formula is C19H25Cl2N3O3. The van der Waals surface area contributed by atoms with Crippen molar-refractivity contribution in [1.29, 1.82) is 0 Å². The average Bonchev–Trinajstić information content (AvgIpc) is 3.02. The lowest BCUT2D eigenvalue weighted by atomic mass is 10.1. The molecule has 2 aliphatic rings. The minimum atomic E-state index is -0.308. The van der Waals surface area contributed by atoms with E-state index in [9.17, 15) is 14.7 Å². The van der Waals surface area contributed by atoms with Crippen LogP contribution in [-0.2, 0) is 16.0 Å². The van der Waals surface area contributed by atoms with E-state index >= 15 is 0 Å². The van der Waals surface area contributed by atoms with Crippen LogP contribution < -0.4 is 0 Å². The number of amides is 2. The van der Waals surface area contributed by atoms with Gasteiger partial charge in [0.2, 0.25) is 11.8 Å². The van der Waals surface area contributed by atoms with Gasteiger partial charge >= 0.3 is 0 Å². The van der Waals surface area contributed by atoms with Gasteiger partial charge in [0.05, 0.1) is 28.6 Å². The summed E-state index contributed by atoms with van der Waals surface area (Å²) in [5, 5.41) is 10.7. The fraction of sp³-hybridized carbons (Fsp3) is 0.579. The third-order valence-electron chi connectivity index (χ3n) is 5.30. The van der Waals surface area contributed by atoms with E-state index in [0.29, 0.717) is 42.8 Å². The number of carbonyl (C=O) groups excluding carboxylic acids is 2. The SMILES string of the molecule is CC(=O)N1CCN(C(=O)Cc2ccc(Cl)c(Cl)c2)[C@H](CN2CC[C@H](O)C2)C1. The van der Waals surface area contributed by atoms with Gasteiger partial charge in [-0.25, -0.2) is 0 Å². The molecule has 2 atom stereocenters. The Morgan fingerprint density at radius 1 is 1.15 bits per heavy atom. The molecule has 1 N–H and O–H groups in total. The van der Waals surface area contributed by atoms with E-state index in [1.165, 1.54) is 0 Å². The summed E-state index contributed by atoms with van der Waals surface area (Å²) < 4.78 is 0. The number of hydrogen-bond acceptors (Lipinski definition) is 4. The van der Waals surface area contributed by atoms with Crippen molar-refractivity contribution >= 4 is 35.0 Å². The van der Waals surface area contributed by atoms with Crippen LogP contribution >= 0.6 is 23.2 Å². The number of halogens is 2. The zero-order chi connectivity index (χ0) is 19.6. The van der Waals surface area contributed by atoms with Gasteiger partial charge in [-0.1, -0.05) is 29.3 Å². The standard InChI is InChI=1S/C19H25Cl2N3O3/c1-13(25)23-6-7-24(15(11-23)10-22-5-4-16(26)12-22)19(27)9-14-2-3-17(20)18(21)8-14/h2-3,8,15-16,26H,4-7,9-12H2,1H3/t15-,16+/m1/s1. The third kappa shape index (κ3) is 5.13. The molecule has 2 amide bonds.